The third-order valence-corrected chi connectivity index (χ3v) is 17.4. The minimum Gasteiger partial charge on any atom is -0.509 e. The second-order valence-electron chi connectivity index (χ2n) is 24.8. The van der Waals surface area contributed by atoms with E-state index >= 15 is 0 Å². The second-order valence-corrected chi connectivity index (χ2v) is 24.8. The monoisotopic (exact) mass is 1320 g/mol. The van der Waals surface area contributed by atoms with Gasteiger partial charge in [0.2, 0.25) is 0 Å². The van der Waals surface area contributed by atoms with Crippen molar-refractivity contribution in [1.29, 1.82) is 0 Å². The van der Waals surface area contributed by atoms with Gasteiger partial charge in [-0.3, -0.25) is 4.98 Å². The smallest absolute Gasteiger partial charge is 0.135 e. The van der Waals surface area contributed by atoms with E-state index in [1.807, 2.05) is 36.8 Å². The van der Waals surface area contributed by atoms with Gasteiger partial charge in [0.15, 0.2) is 0 Å². The topological polar surface area (TPSA) is 52.9 Å². The molecule has 0 unspecified atom stereocenters. The fraction of sp³-hybridized carbons (Fsp3) is 0.101. The summed E-state index contributed by atoms with van der Waals surface area (Å²) in [7, 11) is 0. The molecule has 430 valence electrons. The summed E-state index contributed by atoms with van der Waals surface area (Å²) in [6, 6.07) is 90.6. The van der Waals surface area contributed by atoms with Crippen LogP contribution in [0.1, 0.15) is 52.7 Å². The van der Waals surface area contributed by atoms with Gasteiger partial charge in [-0.1, -0.05) is 187 Å². The maximum Gasteiger partial charge on any atom is 0.135 e. The van der Waals surface area contributed by atoms with Crippen LogP contribution < -0.4 is 24.3 Å². The van der Waals surface area contributed by atoms with Crippen LogP contribution in [0.5, 0.6) is 11.5 Å². The van der Waals surface area contributed by atoms with Gasteiger partial charge in [0.1, 0.15) is 5.82 Å². The minimum atomic E-state index is -0.297. The molecule has 0 atom stereocenters. The fourth-order valence-corrected chi connectivity index (χ4v) is 13.2. The molecule has 16 rings (SSSR count). The summed E-state index contributed by atoms with van der Waals surface area (Å²) in [4.78, 5) is 19.4. The second kappa shape index (κ2) is 21.1. The van der Waals surface area contributed by atoms with Crippen LogP contribution >= 0.6 is 0 Å². The van der Waals surface area contributed by atoms with Crippen LogP contribution in [0.15, 0.2) is 249 Å². The average molecular weight is 1320 g/mol. The number of para-hydroxylation sites is 5. The Morgan fingerprint density at radius 2 is 0.898 bits per heavy atom. The molecule has 0 amide bonds. The van der Waals surface area contributed by atoms with Crippen molar-refractivity contribution in [3.63, 3.8) is 0 Å². The largest absolute Gasteiger partial charge is 0.509 e. The number of ether oxygens (including phenoxy) is 1. The molecule has 0 saturated heterocycles. The van der Waals surface area contributed by atoms with Gasteiger partial charge in [-0.25, -0.2) is 4.98 Å². The SMILES string of the molecule is CC(C)(C)c1ccnc(-n2c3[c-]c(Oc4[c-]c(N5[CH-]N(c6c(N7c8ccccc8-c8ccccc8-c8ccccc87)cc(C(C)(C)C)cc6N6c7ccccc7-c7ccccc7-c7ccccc76)c6ccncc65)ccc4)ccc3c3ccccc32)c1.[Pt]. The molecule has 8 nitrogen and oxygen atoms in total. The van der Waals surface area contributed by atoms with Gasteiger partial charge in [-0.2, -0.15) is 12.1 Å². The van der Waals surface area contributed by atoms with Crippen LogP contribution in [0.4, 0.5) is 56.9 Å². The summed E-state index contributed by atoms with van der Waals surface area (Å²) in [5.74, 6) is 1.94. The number of pyridine rings is 2. The predicted molar refractivity (Wildman–Crippen MR) is 358 cm³/mol. The maximum absolute atomic E-state index is 6.88. The van der Waals surface area contributed by atoms with Crippen molar-refractivity contribution in [2.75, 3.05) is 19.6 Å². The first-order valence-electron chi connectivity index (χ1n) is 29.8. The van der Waals surface area contributed by atoms with Crippen molar-refractivity contribution in [1.82, 2.24) is 14.5 Å². The Balaban J connectivity index is 0.00000650. The van der Waals surface area contributed by atoms with Crippen molar-refractivity contribution >= 4 is 78.7 Å². The van der Waals surface area contributed by atoms with Crippen molar-refractivity contribution in [2.24, 2.45) is 0 Å². The van der Waals surface area contributed by atoms with Crippen molar-refractivity contribution in [2.45, 2.75) is 52.4 Å². The Bertz CT molecular complexity index is 4620. The molecule has 0 N–H and O–H groups in total. The number of nitrogens with zero attached hydrogens (tertiary/aromatic N) is 7. The summed E-state index contributed by atoms with van der Waals surface area (Å²) in [5.41, 5.74) is 23.2. The van der Waals surface area contributed by atoms with E-state index in [4.69, 9.17) is 14.7 Å². The number of fused-ring (bicyclic) bond motifs is 14. The van der Waals surface area contributed by atoms with Crippen LogP contribution in [0, 0.1) is 18.8 Å². The van der Waals surface area contributed by atoms with E-state index in [0.717, 1.165) is 107 Å². The summed E-state index contributed by atoms with van der Waals surface area (Å²) in [5, 5.41) is 2.19. The third kappa shape index (κ3) is 8.91. The molecule has 3 aromatic heterocycles. The number of aromatic nitrogens is 3. The normalized spacial score (nSPS) is 13.1. The molecule has 3 aliphatic rings. The number of hydrogen-bond donors (Lipinski definition) is 0. The number of benzene rings is 10. The molecule has 9 heteroatoms. The summed E-state index contributed by atoms with van der Waals surface area (Å²) in [6.07, 6.45) is 5.76. The molecule has 3 aliphatic heterocycles. The fourth-order valence-electron chi connectivity index (χ4n) is 13.2. The molecule has 13 aromatic rings. The van der Waals surface area contributed by atoms with Gasteiger partial charge in [0, 0.05) is 84.6 Å². The zero-order valence-corrected chi connectivity index (χ0v) is 51.9. The molecule has 6 heterocycles. The zero-order chi connectivity index (χ0) is 58.7. The van der Waals surface area contributed by atoms with Crippen LogP contribution in [0.3, 0.4) is 0 Å². The summed E-state index contributed by atoms with van der Waals surface area (Å²) in [6.45, 7) is 15.9. The van der Waals surface area contributed by atoms with E-state index in [1.165, 1.54) is 33.4 Å². The Morgan fingerprint density at radius 1 is 0.398 bits per heavy atom. The number of anilines is 10. The average Bonchev–Trinajstić information content (AvgIpc) is 1.56. The molecule has 0 radical (unpaired) electrons. The third-order valence-electron chi connectivity index (χ3n) is 17.4. The van der Waals surface area contributed by atoms with Crippen LogP contribution in [-0.4, -0.2) is 14.5 Å². The Hall–Kier alpha value is -10.0. The van der Waals surface area contributed by atoms with E-state index < -0.39 is 0 Å². The molecule has 0 aliphatic carbocycles. The van der Waals surface area contributed by atoms with Crippen LogP contribution in [0.25, 0.3) is 72.1 Å². The Labute approximate surface area is 528 Å². The van der Waals surface area contributed by atoms with Crippen molar-refractivity contribution in [3.8, 4) is 61.8 Å². The Morgan fingerprint density at radius 3 is 1.44 bits per heavy atom. The van der Waals surface area contributed by atoms with Gasteiger partial charge in [-0.15, -0.1) is 48.1 Å². The standard InChI is InChI=1S/C79H60N7O.Pt/c1-78(2,3)51-40-43-81-76(46-51)86-70-37-20-15-32-64(70)65-39-38-55(48-72(65)86)87-54-23-21-22-53(47-54)82-50-83(71-41-42-80-49-75(71)82)77-73(84-66-33-16-11-28-60(66)56-24-7-8-25-57(56)61-29-12-17-34-67(61)84)44-52(79(4,5)6)45-74(77)85-68-35-18-13-30-62(68)58-26-9-10-27-59(58)63-31-14-19-36-69(63)85;/h7-46,49-50H,1-6H3;/q-3;. The van der Waals surface area contributed by atoms with Gasteiger partial charge in [0.05, 0.1) is 45.5 Å². The van der Waals surface area contributed by atoms with Gasteiger partial charge in [0.25, 0.3) is 0 Å². The molecule has 0 saturated carbocycles. The Kier molecular flexibility index (Phi) is 13.1. The van der Waals surface area contributed by atoms with Crippen molar-refractivity contribution in [3.05, 3.63) is 279 Å². The zero-order valence-electron chi connectivity index (χ0n) is 49.6. The first-order valence-corrected chi connectivity index (χ1v) is 29.8. The summed E-state index contributed by atoms with van der Waals surface area (Å²) < 4.78 is 9.07. The van der Waals surface area contributed by atoms with Gasteiger partial charge < -0.3 is 28.9 Å². The quantitative estimate of drug-likeness (QED) is 0.147. The van der Waals surface area contributed by atoms with E-state index in [2.05, 4.69) is 297 Å². The molecular formula is C79H60N7OPt-3. The maximum atomic E-state index is 6.88. The van der Waals surface area contributed by atoms with Gasteiger partial charge in [-0.05, 0) is 110 Å². The molecule has 0 spiro atoms. The van der Waals surface area contributed by atoms with Crippen LogP contribution in [-0.2, 0) is 31.9 Å². The number of hydrogen-bond acceptors (Lipinski definition) is 7. The molecule has 0 fully saturated rings. The summed E-state index contributed by atoms with van der Waals surface area (Å²) >= 11 is 0. The van der Waals surface area contributed by atoms with Crippen LogP contribution in [0.2, 0.25) is 0 Å². The predicted octanol–water partition coefficient (Wildman–Crippen LogP) is 21.2. The number of rotatable bonds is 7. The van der Waals surface area contributed by atoms with E-state index in [0.29, 0.717) is 11.5 Å². The molecule has 10 aromatic carbocycles. The van der Waals surface area contributed by atoms with E-state index in [9.17, 15) is 0 Å². The van der Waals surface area contributed by atoms with E-state index in [-0.39, 0.29) is 31.9 Å². The molecular weight excluding hydrogens is 1260 g/mol. The first kappa shape index (κ1) is 54.6. The van der Waals surface area contributed by atoms with E-state index in [1.54, 1.807) is 0 Å². The molecule has 0 bridgehead atoms. The van der Waals surface area contributed by atoms with Crippen molar-refractivity contribution < 1.29 is 25.8 Å². The molecule has 88 heavy (non-hydrogen) atoms. The van der Waals surface area contributed by atoms with Gasteiger partial charge >= 0.3 is 0 Å². The first-order chi connectivity index (χ1) is 42.4. The minimum absolute atomic E-state index is 0.